The highest BCUT2D eigenvalue weighted by Gasteiger charge is 2.22. The number of hydrogen-bond acceptors (Lipinski definition) is 5. The number of hydrogen-bond donors (Lipinski definition) is 1. The molecule has 2 N–H and O–H groups in total. The van der Waals surface area contributed by atoms with Crippen LogP contribution in [0.25, 0.3) is 0 Å². The van der Waals surface area contributed by atoms with Crippen LogP contribution in [-0.2, 0) is 6.42 Å². The second kappa shape index (κ2) is 6.96. The van der Waals surface area contributed by atoms with Crippen LogP contribution in [-0.4, -0.2) is 12.1 Å². The number of aromatic nitrogens is 1. The third kappa shape index (κ3) is 3.42. The second-order valence-electron chi connectivity index (χ2n) is 6.22. The third-order valence-electron chi connectivity index (χ3n) is 4.42. The molecule has 5 nitrogen and oxygen atoms in total. The van der Waals surface area contributed by atoms with Gasteiger partial charge < -0.3 is 19.9 Å². The molecule has 26 heavy (non-hydrogen) atoms. The lowest BCUT2D eigenvalue weighted by molar-refractivity contribution is 0.176. The molecule has 4 rings (SSSR count). The van der Waals surface area contributed by atoms with E-state index in [2.05, 4.69) is 11.1 Å². The van der Waals surface area contributed by atoms with E-state index in [-0.39, 0.29) is 6.10 Å². The van der Waals surface area contributed by atoms with Crippen molar-refractivity contribution < 1.29 is 14.2 Å². The molecule has 0 bridgehead atoms. The van der Waals surface area contributed by atoms with Crippen molar-refractivity contribution in [3.05, 3.63) is 71.9 Å². The van der Waals surface area contributed by atoms with Gasteiger partial charge >= 0.3 is 0 Å². The lowest BCUT2D eigenvalue weighted by Gasteiger charge is -2.27. The van der Waals surface area contributed by atoms with Crippen molar-refractivity contribution in [2.45, 2.75) is 18.9 Å². The van der Waals surface area contributed by atoms with Gasteiger partial charge in [0, 0.05) is 6.07 Å². The van der Waals surface area contributed by atoms with Crippen molar-refractivity contribution in [1.82, 2.24) is 4.98 Å². The molecule has 1 unspecified atom stereocenters. The van der Waals surface area contributed by atoms with E-state index in [4.69, 9.17) is 19.9 Å². The van der Waals surface area contributed by atoms with E-state index in [0.717, 1.165) is 41.2 Å². The van der Waals surface area contributed by atoms with Gasteiger partial charge in [-0.2, -0.15) is 0 Å². The zero-order chi connectivity index (χ0) is 17.9. The number of nitrogens with zero attached hydrogens (tertiary/aromatic N) is 1. The maximum Gasteiger partial charge on any atom is 0.219 e. The monoisotopic (exact) mass is 348 g/mol. The predicted octanol–water partition coefficient (Wildman–Crippen LogP) is 4.53. The molecule has 5 heteroatoms. The van der Waals surface area contributed by atoms with Crippen LogP contribution >= 0.6 is 0 Å². The summed E-state index contributed by atoms with van der Waals surface area (Å²) in [4.78, 5) is 4.16. The molecule has 2 heterocycles. The predicted molar refractivity (Wildman–Crippen MR) is 99.8 cm³/mol. The van der Waals surface area contributed by atoms with Gasteiger partial charge in [0.25, 0.3) is 0 Å². The van der Waals surface area contributed by atoms with Gasteiger partial charge in [0.2, 0.25) is 5.88 Å². The first-order valence-corrected chi connectivity index (χ1v) is 8.54. The molecular formula is C21H20N2O3. The standard InChI is InChI=1S/C21H20N2O3/c1-24-17-4-2-3-14(11-17)19-8-5-15-12-18(7-9-20(15)26-19)25-21-10-6-16(22)13-23-21/h2-4,6-7,9-13,19H,5,8,22H2,1H3. The van der Waals surface area contributed by atoms with Crippen LogP contribution in [0.4, 0.5) is 5.69 Å². The fourth-order valence-corrected chi connectivity index (χ4v) is 3.08. The number of anilines is 1. The Hall–Kier alpha value is -3.21. The molecule has 1 aromatic heterocycles. The maximum atomic E-state index is 6.20. The van der Waals surface area contributed by atoms with Crippen molar-refractivity contribution in [2.75, 3.05) is 12.8 Å². The normalized spacial score (nSPS) is 15.7. The molecule has 3 aromatic rings. The maximum absolute atomic E-state index is 6.20. The Bertz CT molecular complexity index is 909. The molecule has 0 spiro atoms. The Morgan fingerprint density at radius 2 is 2.00 bits per heavy atom. The van der Waals surface area contributed by atoms with E-state index in [1.54, 1.807) is 25.4 Å². The van der Waals surface area contributed by atoms with Gasteiger partial charge in [-0.25, -0.2) is 4.98 Å². The lowest BCUT2D eigenvalue weighted by atomic mass is 9.97. The van der Waals surface area contributed by atoms with E-state index >= 15 is 0 Å². The average Bonchev–Trinajstić information content (AvgIpc) is 2.69. The number of pyridine rings is 1. The number of ether oxygens (including phenoxy) is 3. The van der Waals surface area contributed by atoms with Crippen LogP contribution in [0.5, 0.6) is 23.1 Å². The molecule has 132 valence electrons. The third-order valence-corrected chi connectivity index (χ3v) is 4.42. The fraction of sp³-hybridized carbons (Fsp3) is 0.190. The Morgan fingerprint density at radius 3 is 2.81 bits per heavy atom. The molecule has 2 aromatic carbocycles. The molecule has 0 amide bonds. The first-order chi connectivity index (χ1) is 12.7. The minimum Gasteiger partial charge on any atom is -0.497 e. The zero-order valence-electron chi connectivity index (χ0n) is 14.5. The van der Waals surface area contributed by atoms with Gasteiger partial charge in [-0.15, -0.1) is 0 Å². The van der Waals surface area contributed by atoms with Gasteiger partial charge in [0.15, 0.2) is 0 Å². The Morgan fingerprint density at radius 1 is 1.08 bits per heavy atom. The van der Waals surface area contributed by atoms with Crippen LogP contribution < -0.4 is 19.9 Å². The molecule has 0 fully saturated rings. The van der Waals surface area contributed by atoms with Crippen LogP contribution in [0.3, 0.4) is 0 Å². The van der Waals surface area contributed by atoms with Crippen molar-refractivity contribution in [2.24, 2.45) is 0 Å². The molecule has 1 aliphatic rings. The van der Waals surface area contributed by atoms with Crippen molar-refractivity contribution in [3.8, 4) is 23.1 Å². The van der Waals surface area contributed by atoms with E-state index in [1.165, 1.54) is 0 Å². The largest absolute Gasteiger partial charge is 0.497 e. The van der Waals surface area contributed by atoms with E-state index < -0.39 is 0 Å². The van der Waals surface area contributed by atoms with Crippen LogP contribution in [0.15, 0.2) is 60.8 Å². The molecule has 0 radical (unpaired) electrons. The summed E-state index contributed by atoms with van der Waals surface area (Å²) in [6.07, 6.45) is 3.44. The summed E-state index contributed by atoms with van der Waals surface area (Å²) in [5.41, 5.74) is 8.52. The van der Waals surface area contributed by atoms with Crippen LogP contribution in [0.1, 0.15) is 23.7 Å². The zero-order valence-corrected chi connectivity index (χ0v) is 14.5. The Balaban J connectivity index is 1.51. The summed E-state index contributed by atoms with van der Waals surface area (Å²) >= 11 is 0. The van der Waals surface area contributed by atoms with Gasteiger partial charge in [0.1, 0.15) is 23.4 Å². The summed E-state index contributed by atoms with van der Waals surface area (Å²) in [7, 11) is 1.67. The summed E-state index contributed by atoms with van der Waals surface area (Å²) in [5, 5.41) is 0. The first-order valence-electron chi connectivity index (χ1n) is 8.54. The van der Waals surface area contributed by atoms with Crippen molar-refractivity contribution in [3.63, 3.8) is 0 Å². The lowest BCUT2D eigenvalue weighted by Crippen LogP contribution is -2.15. The van der Waals surface area contributed by atoms with Gasteiger partial charge in [-0.05, 0) is 60.4 Å². The summed E-state index contributed by atoms with van der Waals surface area (Å²) in [6.45, 7) is 0. The van der Waals surface area contributed by atoms with Gasteiger partial charge in [-0.3, -0.25) is 0 Å². The van der Waals surface area contributed by atoms with Crippen molar-refractivity contribution >= 4 is 5.69 Å². The highest BCUT2D eigenvalue weighted by molar-refractivity contribution is 5.44. The number of aryl methyl sites for hydroxylation is 1. The molecule has 1 aliphatic heterocycles. The summed E-state index contributed by atoms with van der Waals surface area (Å²) < 4.78 is 17.3. The quantitative estimate of drug-likeness (QED) is 0.750. The van der Waals surface area contributed by atoms with Gasteiger partial charge in [-0.1, -0.05) is 12.1 Å². The second-order valence-corrected chi connectivity index (χ2v) is 6.22. The number of nitrogen functional groups attached to an aromatic ring is 1. The van der Waals surface area contributed by atoms with Crippen LogP contribution in [0.2, 0.25) is 0 Å². The first kappa shape index (κ1) is 16.3. The number of nitrogens with two attached hydrogens (primary N) is 1. The smallest absolute Gasteiger partial charge is 0.219 e. The van der Waals surface area contributed by atoms with Gasteiger partial charge in [0.05, 0.1) is 19.0 Å². The average molecular weight is 348 g/mol. The van der Waals surface area contributed by atoms with Crippen LogP contribution in [0, 0.1) is 0 Å². The topological polar surface area (TPSA) is 66.6 Å². The SMILES string of the molecule is COc1cccc(C2CCc3cc(Oc4ccc(N)cn4)ccc3O2)c1. The minimum absolute atomic E-state index is 0.0307. The molecule has 0 saturated heterocycles. The molecular weight excluding hydrogens is 328 g/mol. The highest BCUT2D eigenvalue weighted by Crippen LogP contribution is 2.38. The number of benzene rings is 2. The molecule has 1 atom stereocenters. The molecule has 0 aliphatic carbocycles. The van der Waals surface area contributed by atoms with E-state index in [1.807, 2.05) is 36.4 Å². The van der Waals surface area contributed by atoms with E-state index in [0.29, 0.717) is 11.6 Å². The Kier molecular flexibility index (Phi) is 4.35. The molecule has 0 saturated carbocycles. The highest BCUT2D eigenvalue weighted by atomic mass is 16.5. The summed E-state index contributed by atoms with van der Waals surface area (Å²) in [6, 6.07) is 17.4. The summed E-state index contributed by atoms with van der Waals surface area (Å²) in [5.74, 6) is 2.99. The van der Waals surface area contributed by atoms with E-state index in [9.17, 15) is 0 Å². The number of methoxy groups -OCH3 is 1. The van der Waals surface area contributed by atoms with Crippen molar-refractivity contribution in [1.29, 1.82) is 0 Å². The Labute approximate surface area is 152 Å². The minimum atomic E-state index is 0.0307. The number of rotatable bonds is 4. The fourth-order valence-electron chi connectivity index (χ4n) is 3.08. The number of fused-ring (bicyclic) bond motifs is 1.